The van der Waals surface area contributed by atoms with Gasteiger partial charge in [-0.1, -0.05) is 27.2 Å². The van der Waals surface area contributed by atoms with Crippen LogP contribution in [0.3, 0.4) is 0 Å². The number of hydrogen-bond acceptors (Lipinski definition) is 10. The second-order valence-electron chi connectivity index (χ2n) is 11.1. The maximum Gasteiger partial charge on any atom is 0.410 e. The van der Waals surface area contributed by atoms with Gasteiger partial charge in [-0.15, -0.1) is 0 Å². The van der Waals surface area contributed by atoms with Crippen molar-refractivity contribution in [1.82, 2.24) is 14.9 Å². The first-order valence-electron chi connectivity index (χ1n) is 13.6. The molecule has 3 atom stereocenters. The van der Waals surface area contributed by atoms with E-state index in [1.165, 1.54) is 30.6 Å². The van der Waals surface area contributed by atoms with Gasteiger partial charge in [-0.25, -0.2) is 18.2 Å². The van der Waals surface area contributed by atoms with Crippen LogP contribution in [0.1, 0.15) is 52.9 Å². The highest BCUT2D eigenvalue weighted by Crippen LogP contribution is 2.37. The summed E-state index contributed by atoms with van der Waals surface area (Å²) in [7, 11) is -3.38. The van der Waals surface area contributed by atoms with Crippen LogP contribution in [0, 0.1) is 27.9 Å². The van der Waals surface area contributed by atoms with Gasteiger partial charge in [0.05, 0.1) is 9.82 Å². The van der Waals surface area contributed by atoms with Crippen molar-refractivity contribution in [2.45, 2.75) is 70.0 Å². The van der Waals surface area contributed by atoms with Crippen LogP contribution < -0.4 is 10.1 Å². The van der Waals surface area contributed by atoms with Gasteiger partial charge in [0.15, 0.2) is 9.84 Å². The lowest BCUT2D eigenvalue weighted by Crippen LogP contribution is -2.45. The van der Waals surface area contributed by atoms with Gasteiger partial charge in [0.25, 0.3) is 5.88 Å². The number of aromatic nitrogens is 2. The van der Waals surface area contributed by atoms with Gasteiger partial charge in [0, 0.05) is 37.9 Å². The molecule has 0 bridgehead atoms. The fourth-order valence-corrected chi connectivity index (χ4v) is 6.03. The Labute approximate surface area is 234 Å². The summed E-state index contributed by atoms with van der Waals surface area (Å²) in [5.41, 5.74) is -0.0123. The van der Waals surface area contributed by atoms with E-state index in [1.54, 1.807) is 4.90 Å². The van der Waals surface area contributed by atoms with Crippen molar-refractivity contribution in [3.8, 4) is 5.88 Å². The van der Waals surface area contributed by atoms with Crippen LogP contribution in [0.5, 0.6) is 5.88 Å². The zero-order valence-corrected chi connectivity index (χ0v) is 24.1. The predicted octanol–water partition coefficient (Wildman–Crippen LogP) is 4.97. The number of carbonyl (C=O) groups excluding carboxylic acids is 1. The molecule has 1 aliphatic heterocycles. The number of nitrogens with zero attached hydrogens (tertiary/aromatic N) is 4. The van der Waals surface area contributed by atoms with E-state index >= 15 is 0 Å². The van der Waals surface area contributed by atoms with Crippen LogP contribution in [-0.2, 0) is 14.6 Å². The van der Waals surface area contributed by atoms with Gasteiger partial charge in [0.1, 0.15) is 18.5 Å². The van der Waals surface area contributed by atoms with E-state index in [9.17, 15) is 23.3 Å². The molecule has 40 heavy (non-hydrogen) atoms. The Kier molecular flexibility index (Phi) is 9.12. The molecule has 13 heteroatoms. The molecule has 218 valence electrons. The number of rotatable bonds is 8. The van der Waals surface area contributed by atoms with Crippen molar-refractivity contribution < 1.29 is 27.6 Å². The number of nitrogens with one attached hydrogen (secondary N) is 1. The number of hydrogen-bond donors (Lipinski definition) is 1. The van der Waals surface area contributed by atoms with E-state index in [0.29, 0.717) is 49.4 Å². The van der Waals surface area contributed by atoms with E-state index in [0.717, 1.165) is 25.5 Å². The number of benzene rings is 1. The zero-order chi connectivity index (χ0) is 29.0. The van der Waals surface area contributed by atoms with E-state index in [4.69, 9.17) is 9.47 Å². The normalized spacial score (nSPS) is 22.1. The van der Waals surface area contributed by atoms with Crippen LogP contribution in [0.4, 0.5) is 22.0 Å². The Morgan fingerprint density at radius 3 is 2.40 bits per heavy atom. The van der Waals surface area contributed by atoms with Gasteiger partial charge in [0.2, 0.25) is 5.82 Å². The standard InChI is InChI=1S/C27H37N5O7S/c1-17(2)22-10-5-18(3)15-23(22)39-27(33)31-13-11-20(12-14-31)38-26-24(32(34)35)25(28-16-29-26)30-19-6-8-21(9-7-19)40(4,36)37/h6-9,16-18,20,22-23H,5,10-15H2,1-4H3,(H,28,29,30)/t18-,22+,23?/m0/s1. The Balaban J connectivity index is 1.38. The largest absolute Gasteiger partial charge is 0.469 e. The minimum atomic E-state index is -3.38. The molecule has 2 aromatic rings. The van der Waals surface area contributed by atoms with Crippen molar-refractivity contribution in [1.29, 1.82) is 0 Å². The first-order chi connectivity index (χ1) is 18.9. The van der Waals surface area contributed by atoms with E-state index in [-0.39, 0.29) is 34.9 Å². The van der Waals surface area contributed by atoms with Crippen LogP contribution in [0.2, 0.25) is 0 Å². The van der Waals surface area contributed by atoms with Crippen molar-refractivity contribution in [3.05, 3.63) is 40.7 Å². The maximum atomic E-state index is 13.0. The highest BCUT2D eigenvalue weighted by molar-refractivity contribution is 7.90. The average molecular weight is 576 g/mol. The Hall–Kier alpha value is -3.48. The molecule has 1 saturated carbocycles. The number of piperidine rings is 1. The van der Waals surface area contributed by atoms with Crippen LogP contribution in [0.15, 0.2) is 35.5 Å². The van der Waals surface area contributed by atoms with E-state index < -0.39 is 20.4 Å². The van der Waals surface area contributed by atoms with Crippen LogP contribution in [-0.4, -0.2) is 65.9 Å². The minimum Gasteiger partial charge on any atom is -0.469 e. The number of likely N-dealkylation sites (tertiary alicyclic amines) is 1. The minimum absolute atomic E-state index is 0.0791. The summed E-state index contributed by atoms with van der Waals surface area (Å²) in [6, 6.07) is 5.79. The Bertz CT molecular complexity index is 1310. The van der Waals surface area contributed by atoms with Gasteiger partial charge in [-0.2, -0.15) is 4.98 Å². The number of sulfone groups is 1. The average Bonchev–Trinajstić information content (AvgIpc) is 2.88. The van der Waals surface area contributed by atoms with Crippen molar-refractivity contribution in [2.75, 3.05) is 24.7 Å². The molecule has 1 amide bonds. The predicted molar refractivity (Wildman–Crippen MR) is 148 cm³/mol. The molecule has 1 N–H and O–H groups in total. The van der Waals surface area contributed by atoms with E-state index in [1.807, 2.05) is 0 Å². The third kappa shape index (κ3) is 7.18. The lowest BCUT2D eigenvalue weighted by molar-refractivity contribution is -0.385. The smallest absolute Gasteiger partial charge is 0.410 e. The fraction of sp³-hybridized carbons (Fsp3) is 0.593. The topological polar surface area (TPSA) is 154 Å². The Morgan fingerprint density at radius 2 is 1.80 bits per heavy atom. The number of carbonyl (C=O) groups is 1. The molecule has 1 aliphatic carbocycles. The molecular weight excluding hydrogens is 538 g/mol. The second-order valence-corrected chi connectivity index (χ2v) is 13.1. The summed E-state index contributed by atoms with van der Waals surface area (Å²) in [6.45, 7) is 7.37. The number of amides is 1. The highest BCUT2D eigenvalue weighted by Gasteiger charge is 2.36. The third-order valence-corrected chi connectivity index (χ3v) is 8.84. The van der Waals surface area contributed by atoms with Crippen LogP contribution >= 0.6 is 0 Å². The quantitative estimate of drug-likeness (QED) is 0.337. The molecule has 12 nitrogen and oxygen atoms in total. The first kappa shape index (κ1) is 29.5. The fourth-order valence-electron chi connectivity index (χ4n) is 5.40. The SMILES string of the molecule is CC(C)[C@H]1CC[C@H](C)CC1OC(=O)N1CCC(Oc2ncnc(Nc3ccc(S(C)(=O)=O)cc3)c2[N+](=O)[O-])CC1. The molecule has 0 spiro atoms. The number of nitro groups is 1. The lowest BCUT2D eigenvalue weighted by atomic mass is 9.75. The molecule has 2 aliphatic rings. The third-order valence-electron chi connectivity index (χ3n) is 7.71. The van der Waals surface area contributed by atoms with Crippen LogP contribution in [0.25, 0.3) is 0 Å². The van der Waals surface area contributed by atoms with Gasteiger partial charge in [-0.3, -0.25) is 10.1 Å². The number of ether oxygens (including phenoxy) is 2. The molecule has 1 saturated heterocycles. The molecule has 1 aromatic heterocycles. The lowest BCUT2D eigenvalue weighted by Gasteiger charge is -2.38. The summed E-state index contributed by atoms with van der Waals surface area (Å²) in [4.78, 5) is 34.1. The molecule has 2 heterocycles. The Morgan fingerprint density at radius 1 is 1.12 bits per heavy atom. The molecule has 2 fully saturated rings. The van der Waals surface area contributed by atoms with Crippen molar-refractivity contribution >= 4 is 33.1 Å². The molecule has 1 aromatic carbocycles. The van der Waals surface area contributed by atoms with E-state index in [2.05, 4.69) is 36.1 Å². The monoisotopic (exact) mass is 575 g/mol. The second kappa shape index (κ2) is 12.4. The molecular formula is C27H37N5O7S. The highest BCUT2D eigenvalue weighted by atomic mass is 32.2. The summed E-state index contributed by atoms with van der Waals surface area (Å²) in [5, 5.41) is 14.8. The summed E-state index contributed by atoms with van der Waals surface area (Å²) >= 11 is 0. The molecule has 1 unspecified atom stereocenters. The zero-order valence-electron chi connectivity index (χ0n) is 23.3. The van der Waals surface area contributed by atoms with Gasteiger partial charge in [-0.05, 0) is 54.9 Å². The summed E-state index contributed by atoms with van der Waals surface area (Å²) in [6.07, 6.45) is 5.53. The van der Waals surface area contributed by atoms with Gasteiger partial charge < -0.3 is 19.7 Å². The molecule has 4 rings (SSSR count). The van der Waals surface area contributed by atoms with Crippen molar-refractivity contribution in [2.24, 2.45) is 17.8 Å². The van der Waals surface area contributed by atoms with Crippen molar-refractivity contribution in [3.63, 3.8) is 0 Å². The first-order valence-corrected chi connectivity index (χ1v) is 15.5. The summed E-state index contributed by atoms with van der Waals surface area (Å²) < 4.78 is 35.3. The van der Waals surface area contributed by atoms with Gasteiger partial charge >= 0.3 is 11.8 Å². The maximum absolute atomic E-state index is 13.0. The summed E-state index contributed by atoms with van der Waals surface area (Å²) in [5.74, 6) is 1.08. The number of anilines is 2. The molecule has 0 radical (unpaired) electrons.